The van der Waals surface area contributed by atoms with Crippen molar-refractivity contribution >= 4 is 18.1 Å². The zero-order valence-electron chi connectivity index (χ0n) is 14.4. The fourth-order valence-corrected chi connectivity index (χ4v) is 3.25. The quantitative estimate of drug-likeness (QED) is 0.771. The number of piperidine rings is 1. The Balaban J connectivity index is 1.74. The lowest BCUT2D eigenvalue weighted by Gasteiger charge is -2.34. The minimum absolute atomic E-state index is 0.000164. The van der Waals surface area contributed by atoms with E-state index < -0.39 is 0 Å². The molecule has 0 spiro atoms. The van der Waals surface area contributed by atoms with Gasteiger partial charge in [0.05, 0.1) is 0 Å². The van der Waals surface area contributed by atoms with Gasteiger partial charge in [0.2, 0.25) is 6.41 Å². The van der Waals surface area contributed by atoms with Gasteiger partial charge in [0.25, 0.3) is 5.91 Å². The molecule has 2 fully saturated rings. The molecule has 7 nitrogen and oxygen atoms in total. The van der Waals surface area contributed by atoms with E-state index in [1.807, 2.05) is 11.8 Å². The van der Waals surface area contributed by atoms with Crippen molar-refractivity contribution in [3.05, 3.63) is 17.6 Å². The maximum atomic E-state index is 12.8. The predicted octanol–water partition coefficient (Wildman–Crippen LogP) is 0.936. The Bertz CT molecular complexity index is 605. The molecule has 1 aromatic heterocycles. The first-order valence-corrected chi connectivity index (χ1v) is 8.66. The van der Waals surface area contributed by atoms with E-state index in [9.17, 15) is 9.59 Å². The zero-order chi connectivity index (χ0) is 17.1. The summed E-state index contributed by atoms with van der Waals surface area (Å²) in [5.74, 6) is 2.08. The highest BCUT2D eigenvalue weighted by molar-refractivity contribution is 5.93. The third-order valence-electron chi connectivity index (χ3n) is 4.90. The van der Waals surface area contributed by atoms with Crippen LogP contribution in [0.1, 0.15) is 36.1 Å². The van der Waals surface area contributed by atoms with Crippen molar-refractivity contribution in [1.29, 1.82) is 0 Å². The highest BCUT2D eigenvalue weighted by Crippen LogP contribution is 2.20. The third kappa shape index (κ3) is 3.66. The van der Waals surface area contributed by atoms with Crippen molar-refractivity contribution in [2.75, 3.05) is 44.2 Å². The number of rotatable bonds is 3. The fraction of sp³-hybridized carbons (Fsp3) is 0.647. The minimum Gasteiger partial charge on any atom is -0.353 e. The van der Waals surface area contributed by atoms with E-state index >= 15 is 0 Å². The summed E-state index contributed by atoms with van der Waals surface area (Å²) in [5.41, 5.74) is 0.477. The number of aromatic nitrogens is 2. The summed E-state index contributed by atoms with van der Waals surface area (Å²) in [6, 6.07) is 1.80. The number of piperazine rings is 1. The number of carbonyl (C=O) groups excluding carboxylic acids is 2. The molecule has 7 heteroatoms. The Hall–Kier alpha value is -2.18. The van der Waals surface area contributed by atoms with Crippen LogP contribution in [-0.4, -0.2) is 71.4 Å². The normalized spacial score (nSPS) is 19.5. The molecule has 0 radical (unpaired) electrons. The van der Waals surface area contributed by atoms with Gasteiger partial charge in [0.1, 0.15) is 17.3 Å². The summed E-state index contributed by atoms with van der Waals surface area (Å²) < 4.78 is 0. The second-order valence-corrected chi connectivity index (χ2v) is 6.76. The number of hydrogen-bond donors (Lipinski definition) is 0. The van der Waals surface area contributed by atoms with Gasteiger partial charge in [0, 0.05) is 45.3 Å². The average molecular weight is 331 g/mol. The van der Waals surface area contributed by atoms with E-state index in [4.69, 9.17) is 0 Å². The van der Waals surface area contributed by atoms with Crippen molar-refractivity contribution in [2.45, 2.75) is 26.7 Å². The highest BCUT2D eigenvalue weighted by atomic mass is 16.2. The third-order valence-corrected chi connectivity index (χ3v) is 4.90. The van der Waals surface area contributed by atoms with E-state index in [0.29, 0.717) is 30.5 Å². The molecule has 130 valence electrons. The smallest absolute Gasteiger partial charge is 0.272 e. The van der Waals surface area contributed by atoms with Crippen molar-refractivity contribution in [3.8, 4) is 0 Å². The van der Waals surface area contributed by atoms with Gasteiger partial charge in [-0.05, 0) is 25.7 Å². The summed E-state index contributed by atoms with van der Waals surface area (Å²) in [7, 11) is 0. The first kappa shape index (κ1) is 16.7. The molecule has 2 aliphatic heterocycles. The fourth-order valence-electron chi connectivity index (χ4n) is 3.25. The van der Waals surface area contributed by atoms with Crippen LogP contribution in [0.15, 0.2) is 6.07 Å². The van der Waals surface area contributed by atoms with Gasteiger partial charge in [-0.3, -0.25) is 9.59 Å². The van der Waals surface area contributed by atoms with Crippen LogP contribution in [0.2, 0.25) is 0 Å². The Morgan fingerprint density at radius 3 is 2.42 bits per heavy atom. The van der Waals surface area contributed by atoms with Crippen LogP contribution >= 0.6 is 0 Å². The minimum atomic E-state index is 0.000164. The predicted molar refractivity (Wildman–Crippen MR) is 90.9 cm³/mol. The van der Waals surface area contributed by atoms with E-state index in [1.54, 1.807) is 11.0 Å². The van der Waals surface area contributed by atoms with Gasteiger partial charge in [0.15, 0.2) is 0 Å². The topological polar surface area (TPSA) is 69.6 Å². The SMILES string of the molecule is Cc1nc(C(=O)N2CCC(C)CC2)cc(N2CCN(C=O)CC2)n1. The van der Waals surface area contributed by atoms with Crippen LogP contribution in [0.4, 0.5) is 5.82 Å². The molecule has 0 saturated carbocycles. The Morgan fingerprint density at radius 2 is 1.79 bits per heavy atom. The molecule has 24 heavy (non-hydrogen) atoms. The van der Waals surface area contributed by atoms with Crippen LogP contribution in [0, 0.1) is 12.8 Å². The molecule has 0 unspecified atom stereocenters. The summed E-state index contributed by atoms with van der Waals surface area (Å²) in [6.07, 6.45) is 2.99. The summed E-state index contributed by atoms with van der Waals surface area (Å²) >= 11 is 0. The van der Waals surface area contributed by atoms with Gasteiger partial charge in [-0.15, -0.1) is 0 Å². The van der Waals surface area contributed by atoms with E-state index in [2.05, 4.69) is 21.8 Å². The maximum Gasteiger partial charge on any atom is 0.272 e. The number of amides is 2. The second-order valence-electron chi connectivity index (χ2n) is 6.76. The lowest BCUT2D eigenvalue weighted by atomic mass is 9.99. The van der Waals surface area contributed by atoms with Gasteiger partial charge in [-0.25, -0.2) is 9.97 Å². The largest absolute Gasteiger partial charge is 0.353 e. The van der Waals surface area contributed by atoms with E-state index in [-0.39, 0.29) is 5.91 Å². The molecule has 2 aliphatic rings. The molecule has 0 aliphatic carbocycles. The number of nitrogens with zero attached hydrogens (tertiary/aromatic N) is 5. The van der Waals surface area contributed by atoms with Crippen molar-refractivity contribution in [1.82, 2.24) is 19.8 Å². The molecular weight excluding hydrogens is 306 g/mol. The van der Waals surface area contributed by atoms with Crippen LogP contribution in [-0.2, 0) is 4.79 Å². The first-order chi connectivity index (χ1) is 11.6. The molecule has 1 aromatic rings. The van der Waals surface area contributed by atoms with Crippen molar-refractivity contribution < 1.29 is 9.59 Å². The summed E-state index contributed by atoms with van der Waals surface area (Å²) in [4.78, 5) is 38.2. The Labute approximate surface area is 142 Å². The maximum absolute atomic E-state index is 12.8. The molecular formula is C17H25N5O2. The number of likely N-dealkylation sites (tertiary alicyclic amines) is 1. The Kier molecular flexibility index (Phi) is 4.97. The Morgan fingerprint density at radius 1 is 1.12 bits per heavy atom. The highest BCUT2D eigenvalue weighted by Gasteiger charge is 2.24. The van der Waals surface area contributed by atoms with Crippen molar-refractivity contribution in [3.63, 3.8) is 0 Å². The van der Waals surface area contributed by atoms with E-state index in [1.165, 1.54) is 0 Å². The van der Waals surface area contributed by atoms with Gasteiger partial charge >= 0.3 is 0 Å². The molecule has 0 N–H and O–H groups in total. The molecule has 3 rings (SSSR count). The first-order valence-electron chi connectivity index (χ1n) is 8.66. The molecule has 0 atom stereocenters. The molecule has 2 saturated heterocycles. The zero-order valence-corrected chi connectivity index (χ0v) is 14.4. The lowest BCUT2D eigenvalue weighted by Crippen LogP contribution is -2.46. The number of aryl methyl sites for hydroxylation is 1. The van der Waals surface area contributed by atoms with Crippen LogP contribution < -0.4 is 4.90 Å². The lowest BCUT2D eigenvalue weighted by molar-refractivity contribution is -0.118. The summed E-state index contributed by atoms with van der Waals surface area (Å²) in [6.45, 7) is 8.47. The van der Waals surface area contributed by atoms with Crippen LogP contribution in [0.5, 0.6) is 0 Å². The number of anilines is 1. The standard InChI is InChI=1S/C17H25N5O2/c1-13-3-5-22(6-4-13)17(24)15-11-16(19-14(2)18-15)21-9-7-20(12-23)8-10-21/h11-13H,3-10H2,1-2H3. The van der Waals surface area contributed by atoms with Crippen molar-refractivity contribution in [2.24, 2.45) is 5.92 Å². The number of hydrogen-bond acceptors (Lipinski definition) is 5. The van der Waals surface area contributed by atoms with Gasteiger partial charge in [-0.2, -0.15) is 0 Å². The molecule has 2 amide bonds. The van der Waals surface area contributed by atoms with Crippen LogP contribution in [0.3, 0.4) is 0 Å². The average Bonchev–Trinajstić information content (AvgIpc) is 2.61. The van der Waals surface area contributed by atoms with Gasteiger partial charge < -0.3 is 14.7 Å². The molecule has 3 heterocycles. The monoisotopic (exact) mass is 331 g/mol. The summed E-state index contributed by atoms with van der Waals surface area (Å²) in [5, 5.41) is 0. The second kappa shape index (κ2) is 7.15. The van der Waals surface area contributed by atoms with E-state index in [0.717, 1.165) is 51.2 Å². The van der Waals surface area contributed by atoms with Gasteiger partial charge in [-0.1, -0.05) is 6.92 Å². The number of carbonyl (C=O) groups is 2. The molecule has 0 aromatic carbocycles. The molecule has 0 bridgehead atoms. The van der Waals surface area contributed by atoms with Crippen LogP contribution in [0.25, 0.3) is 0 Å².